The molecule has 0 saturated heterocycles. The van der Waals surface area contributed by atoms with Crippen molar-refractivity contribution in [1.29, 1.82) is 0 Å². The summed E-state index contributed by atoms with van der Waals surface area (Å²) in [4.78, 5) is 0. The van der Waals surface area contributed by atoms with Gasteiger partial charge in [0.15, 0.2) is 0 Å². The van der Waals surface area contributed by atoms with Crippen molar-refractivity contribution in [3.63, 3.8) is 0 Å². The monoisotopic (exact) mass is 91.1 g/mol. The van der Waals surface area contributed by atoms with E-state index >= 15 is 0 Å². The molecule has 0 unspecified atom stereocenters. The lowest BCUT2D eigenvalue weighted by Gasteiger charge is -1.84. The Balaban J connectivity index is 5.56. The van der Waals surface area contributed by atoms with Crippen LogP contribution in [-0.4, -0.2) is 0 Å². The second-order valence-electron chi connectivity index (χ2n) is 0.702. The van der Waals surface area contributed by atoms with Gasteiger partial charge in [-0.15, -0.1) is 5.73 Å². The first-order valence-corrected chi connectivity index (χ1v) is 1.33. The fraction of sp³-hybridized carbons (Fsp3) is 0.500. The predicted molar refractivity (Wildman–Crippen MR) is 28.5 cm³/mol. The van der Waals surface area contributed by atoms with Crippen molar-refractivity contribution >= 4 is 0 Å². The fourth-order valence-corrected chi connectivity index (χ4v) is 0.0722. The molecule has 0 amide bonds. The molecule has 0 rings (SSSR count). The van der Waals surface area contributed by atoms with Gasteiger partial charge in [-0.05, 0) is 12.0 Å². The van der Waals surface area contributed by atoms with Gasteiger partial charge in [-0.3, -0.25) is 0 Å². The molecule has 6 heavy (non-hydrogen) atoms. The van der Waals surface area contributed by atoms with Crippen molar-refractivity contribution < 1.29 is 12.3 Å². The maximum atomic E-state index is 7.39. The highest BCUT2D eigenvalue weighted by atomic mass is 13.8. The summed E-state index contributed by atoms with van der Waals surface area (Å²) in [5.41, 5.74) is 1.82. The van der Waals surface area contributed by atoms with Gasteiger partial charge < -0.3 is 0 Å². The van der Waals surface area contributed by atoms with Crippen molar-refractivity contribution in [2.75, 3.05) is 0 Å². The van der Waals surface area contributed by atoms with E-state index in [1.165, 1.54) is 0 Å². The molecule has 0 aliphatic carbocycles. The molecule has 0 spiro atoms. The Hall–Kier alpha value is -0.480. The first-order chi connectivity index (χ1) is 6.42. The molecule has 0 radical (unpaired) electrons. The quantitative estimate of drug-likeness (QED) is 0.433. The maximum absolute atomic E-state index is 7.39. The fourth-order valence-electron chi connectivity index (χ4n) is 0.0722. The summed E-state index contributed by atoms with van der Waals surface area (Å²) < 4.78 is 62.5. The second-order valence-corrected chi connectivity index (χ2v) is 0.702. The summed E-state index contributed by atoms with van der Waals surface area (Å²) in [5.74, 6) is -2.84. The topological polar surface area (TPSA) is 0 Å². The SMILES string of the molecule is [2H]C([2H])=C=CC([2H])(C([2H])([2H])[2H])C([2H])([2H])[2H]. The van der Waals surface area contributed by atoms with Crippen LogP contribution in [0.3, 0.4) is 0 Å². The molecule has 0 bridgehead atoms. The molecule has 0 N–H and O–H groups in total. The highest BCUT2D eigenvalue weighted by Gasteiger charge is 1.76. The van der Waals surface area contributed by atoms with Gasteiger partial charge >= 0.3 is 0 Å². The van der Waals surface area contributed by atoms with E-state index in [1.54, 1.807) is 0 Å². The number of hydrogen-bond donors (Lipinski definition) is 0. The third-order valence-electron chi connectivity index (χ3n) is 0.217. The van der Waals surface area contributed by atoms with Crippen LogP contribution in [-0.2, 0) is 0 Å². The molecule has 0 saturated carbocycles. The van der Waals surface area contributed by atoms with Gasteiger partial charge in [-0.25, -0.2) is 0 Å². The first-order valence-electron chi connectivity index (χ1n) is 5.83. The van der Waals surface area contributed by atoms with Crippen LogP contribution < -0.4 is 0 Å². The van der Waals surface area contributed by atoms with Crippen LogP contribution >= 0.6 is 0 Å². The van der Waals surface area contributed by atoms with Crippen molar-refractivity contribution in [3.8, 4) is 0 Å². The summed E-state index contributed by atoms with van der Waals surface area (Å²) in [7, 11) is 0. The third kappa shape index (κ3) is 3.52. The Morgan fingerprint density at radius 1 is 2.33 bits per heavy atom. The van der Waals surface area contributed by atoms with E-state index in [4.69, 9.17) is 12.3 Å². The molecule has 0 aliphatic rings. The molecule has 0 atom stereocenters. The summed E-state index contributed by atoms with van der Waals surface area (Å²) in [5, 5.41) is 0. The van der Waals surface area contributed by atoms with Gasteiger partial charge in [0.2, 0.25) is 0 Å². The maximum Gasteiger partial charge on any atom is 0.0627 e. The van der Waals surface area contributed by atoms with Crippen LogP contribution in [0.25, 0.3) is 0 Å². The van der Waals surface area contributed by atoms with Gasteiger partial charge in [-0.2, -0.15) is 0 Å². The van der Waals surface area contributed by atoms with Crippen LogP contribution in [0.15, 0.2) is 18.3 Å². The minimum atomic E-state index is -3.07. The zero-order valence-electron chi connectivity index (χ0n) is 12.1. The number of rotatable bonds is 1. The lowest BCUT2D eigenvalue weighted by molar-refractivity contribution is 0.833. The minimum absolute atomic E-state index is 0.433. The summed E-state index contributed by atoms with van der Waals surface area (Å²) in [6.45, 7) is -7.01. The van der Waals surface area contributed by atoms with Gasteiger partial charge in [0, 0.05) is 9.60 Å². The number of hydrogen-bond acceptors (Lipinski definition) is 0. The molecule has 0 fully saturated rings. The minimum Gasteiger partial charge on any atom is -0.133 e. The first kappa shape index (κ1) is 0.617. The van der Waals surface area contributed by atoms with E-state index in [-0.39, 0.29) is 0 Å². The van der Waals surface area contributed by atoms with E-state index in [1.807, 2.05) is 5.73 Å². The zero-order chi connectivity index (χ0) is 12.5. The molecule has 0 nitrogen and oxygen atoms in total. The standard InChI is InChI=1S/C6H10/c1-4-5-6(2)3/h5-6H,1H2,2-3H3/i1D2,2D3,3D3,6D. The molecule has 0 aromatic carbocycles. The lowest BCUT2D eigenvalue weighted by Crippen LogP contribution is -1.72. The highest BCUT2D eigenvalue weighted by molar-refractivity contribution is 4.78. The van der Waals surface area contributed by atoms with E-state index < -0.39 is 26.1 Å². The van der Waals surface area contributed by atoms with E-state index in [2.05, 4.69) is 0 Å². The van der Waals surface area contributed by atoms with E-state index in [0.717, 1.165) is 0 Å². The Morgan fingerprint density at radius 2 is 3.17 bits per heavy atom. The van der Waals surface area contributed by atoms with Crippen molar-refractivity contribution in [2.45, 2.75) is 13.7 Å². The number of allylic oxidation sites excluding steroid dienone is 1. The smallest absolute Gasteiger partial charge is 0.0627 e. The molecular weight excluding hydrogens is 72.1 g/mol. The third-order valence-corrected chi connectivity index (χ3v) is 0.217. The summed E-state index contributed by atoms with van der Waals surface area (Å²) in [6.07, 6.45) is 0.433. The molecular formula is C6H10. The molecule has 0 aromatic heterocycles. The summed E-state index contributed by atoms with van der Waals surface area (Å²) in [6, 6.07) is 0. The lowest BCUT2D eigenvalue weighted by atomic mass is 10.2. The van der Waals surface area contributed by atoms with Crippen molar-refractivity contribution in [1.82, 2.24) is 0 Å². The van der Waals surface area contributed by atoms with Gasteiger partial charge in [0.25, 0.3) is 0 Å². The molecule has 0 heteroatoms. The Labute approximate surface area is 51.8 Å². The second kappa shape index (κ2) is 2.74. The van der Waals surface area contributed by atoms with Crippen molar-refractivity contribution in [2.24, 2.45) is 5.89 Å². The average molecular weight is 91.2 g/mol. The predicted octanol–water partition coefficient (Wildman–Crippen LogP) is 1.98. The largest absolute Gasteiger partial charge is 0.133 e. The van der Waals surface area contributed by atoms with Crippen molar-refractivity contribution in [3.05, 3.63) is 18.3 Å². The van der Waals surface area contributed by atoms with Crippen LogP contribution in [0.2, 0.25) is 0 Å². The Morgan fingerprint density at radius 3 is 3.67 bits per heavy atom. The molecule has 34 valence electrons. The van der Waals surface area contributed by atoms with Crippen LogP contribution in [0.5, 0.6) is 0 Å². The van der Waals surface area contributed by atoms with Gasteiger partial charge in [0.1, 0.15) is 0 Å². The van der Waals surface area contributed by atoms with Gasteiger partial charge in [0.05, 0.1) is 2.74 Å². The van der Waals surface area contributed by atoms with Crippen LogP contribution in [0.4, 0.5) is 0 Å². The molecule has 0 heterocycles. The normalized spacial score (nSPS) is 35.0. The molecule has 0 aliphatic heterocycles. The van der Waals surface area contributed by atoms with Gasteiger partial charge in [-0.1, -0.05) is 20.2 Å². The molecule has 0 aromatic rings. The van der Waals surface area contributed by atoms with Crippen LogP contribution in [0, 0.1) is 5.89 Å². The highest BCUT2D eigenvalue weighted by Crippen LogP contribution is 1.88. The Kier molecular flexibility index (Phi) is 0.282. The van der Waals surface area contributed by atoms with E-state index in [9.17, 15) is 0 Å². The zero-order valence-corrected chi connectivity index (χ0v) is 3.08. The van der Waals surface area contributed by atoms with Crippen LogP contribution in [0.1, 0.15) is 26.0 Å². The Bertz CT molecular complexity index is 269. The summed E-state index contributed by atoms with van der Waals surface area (Å²) >= 11 is 0. The van der Waals surface area contributed by atoms with E-state index in [0.29, 0.717) is 6.08 Å². The average Bonchev–Trinajstić information content (AvgIpc) is 1.95.